The quantitative estimate of drug-likeness (QED) is 0.734. The van der Waals surface area contributed by atoms with E-state index in [1.54, 1.807) is 0 Å². The monoisotopic (exact) mass is 293 g/mol. The Balaban J connectivity index is 2.75. The van der Waals surface area contributed by atoms with Crippen LogP contribution >= 0.6 is 0 Å². The Morgan fingerprint density at radius 2 is 1.90 bits per heavy atom. The zero-order valence-corrected chi connectivity index (χ0v) is 13.2. The van der Waals surface area contributed by atoms with Crippen LogP contribution in [0.5, 0.6) is 0 Å². The third-order valence-electron chi connectivity index (χ3n) is 4.12. The molecule has 1 aromatic rings. The molecule has 21 heavy (non-hydrogen) atoms. The fraction of sp³-hybridized carbons (Fsp3) is 0.588. The topological polar surface area (TPSA) is 60.8 Å². The van der Waals surface area contributed by atoms with Gasteiger partial charge in [-0.2, -0.15) is 0 Å². The molecule has 0 aliphatic carbocycles. The van der Waals surface area contributed by atoms with E-state index in [0.717, 1.165) is 12.0 Å². The molecule has 0 radical (unpaired) electrons. The molecule has 2 unspecified atom stereocenters. The first-order valence-electron chi connectivity index (χ1n) is 7.59. The van der Waals surface area contributed by atoms with Crippen LogP contribution in [0.2, 0.25) is 0 Å². The zero-order valence-electron chi connectivity index (χ0n) is 13.2. The smallest absolute Gasteiger partial charge is 0.304 e. The van der Waals surface area contributed by atoms with Gasteiger partial charge in [-0.15, -0.1) is 0 Å². The Morgan fingerprint density at radius 1 is 1.29 bits per heavy atom. The SMILES string of the molecule is CCC(C)c1ccc(CC(CC(=O)O)N(C)CCO)cc1. The molecule has 1 aromatic carbocycles. The van der Waals surface area contributed by atoms with E-state index in [1.807, 2.05) is 11.9 Å². The summed E-state index contributed by atoms with van der Waals surface area (Å²) >= 11 is 0. The van der Waals surface area contributed by atoms with Crippen LogP contribution in [0.25, 0.3) is 0 Å². The summed E-state index contributed by atoms with van der Waals surface area (Å²) in [5, 5.41) is 18.1. The predicted molar refractivity (Wildman–Crippen MR) is 84.6 cm³/mol. The van der Waals surface area contributed by atoms with E-state index in [-0.39, 0.29) is 19.1 Å². The molecule has 0 spiro atoms. The van der Waals surface area contributed by atoms with Crippen molar-refractivity contribution in [1.82, 2.24) is 4.90 Å². The molecule has 4 nitrogen and oxygen atoms in total. The number of carboxylic acids is 1. The Bertz CT molecular complexity index is 430. The summed E-state index contributed by atoms with van der Waals surface area (Å²) in [6.45, 7) is 4.91. The molecule has 118 valence electrons. The normalized spacial score (nSPS) is 14.1. The van der Waals surface area contributed by atoms with Crippen LogP contribution in [-0.4, -0.2) is 47.3 Å². The molecule has 0 saturated heterocycles. The Morgan fingerprint density at radius 3 is 2.38 bits per heavy atom. The molecule has 2 atom stereocenters. The lowest BCUT2D eigenvalue weighted by Crippen LogP contribution is -2.37. The van der Waals surface area contributed by atoms with Gasteiger partial charge in [0.15, 0.2) is 0 Å². The van der Waals surface area contributed by atoms with Crippen molar-refractivity contribution in [2.45, 2.75) is 45.1 Å². The van der Waals surface area contributed by atoms with Crippen molar-refractivity contribution in [2.75, 3.05) is 20.2 Å². The minimum Gasteiger partial charge on any atom is -0.481 e. The average Bonchev–Trinajstić information content (AvgIpc) is 2.46. The number of aliphatic carboxylic acids is 1. The van der Waals surface area contributed by atoms with E-state index in [0.29, 0.717) is 18.9 Å². The summed E-state index contributed by atoms with van der Waals surface area (Å²) in [6.07, 6.45) is 1.88. The summed E-state index contributed by atoms with van der Waals surface area (Å²) in [5.74, 6) is -0.257. The molecule has 0 saturated carbocycles. The molecule has 0 amide bonds. The number of carboxylic acid groups (broad SMARTS) is 1. The highest BCUT2D eigenvalue weighted by Crippen LogP contribution is 2.20. The molecular formula is C17H27NO3. The van der Waals surface area contributed by atoms with Crippen LogP contribution in [0.4, 0.5) is 0 Å². The van der Waals surface area contributed by atoms with Crippen molar-refractivity contribution >= 4 is 5.97 Å². The maximum atomic E-state index is 11.0. The summed E-state index contributed by atoms with van der Waals surface area (Å²) in [5.41, 5.74) is 2.46. The summed E-state index contributed by atoms with van der Waals surface area (Å²) in [7, 11) is 1.86. The zero-order chi connectivity index (χ0) is 15.8. The highest BCUT2D eigenvalue weighted by molar-refractivity contribution is 5.67. The predicted octanol–water partition coefficient (Wildman–Crippen LogP) is 2.51. The number of nitrogens with zero attached hydrogens (tertiary/aromatic N) is 1. The summed E-state index contributed by atoms with van der Waals surface area (Å²) in [6, 6.07) is 8.34. The van der Waals surface area contributed by atoms with Gasteiger partial charge in [0, 0.05) is 12.6 Å². The highest BCUT2D eigenvalue weighted by Gasteiger charge is 2.18. The van der Waals surface area contributed by atoms with Crippen molar-refractivity contribution in [2.24, 2.45) is 0 Å². The lowest BCUT2D eigenvalue weighted by Gasteiger charge is -2.26. The second kappa shape index (κ2) is 8.80. The van der Waals surface area contributed by atoms with Crippen LogP contribution in [0.3, 0.4) is 0 Å². The average molecular weight is 293 g/mol. The third kappa shape index (κ3) is 5.86. The number of aliphatic hydroxyl groups is 1. The van der Waals surface area contributed by atoms with Crippen molar-refractivity contribution in [3.05, 3.63) is 35.4 Å². The number of benzene rings is 1. The molecule has 0 aromatic heterocycles. The molecule has 0 aliphatic rings. The van der Waals surface area contributed by atoms with E-state index in [1.165, 1.54) is 5.56 Å². The molecular weight excluding hydrogens is 266 g/mol. The number of hydrogen-bond acceptors (Lipinski definition) is 3. The summed E-state index contributed by atoms with van der Waals surface area (Å²) < 4.78 is 0. The van der Waals surface area contributed by atoms with Gasteiger partial charge in [0.1, 0.15) is 0 Å². The van der Waals surface area contributed by atoms with E-state index in [2.05, 4.69) is 38.1 Å². The summed E-state index contributed by atoms with van der Waals surface area (Å²) in [4.78, 5) is 12.9. The van der Waals surface area contributed by atoms with Gasteiger partial charge in [-0.05, 0) is 36.9 Å². The molecule has 0 fully saturated rings. The third-order valence-corrected chi connectivity index (χ3v) is 4.12. The molecule has 4 heteroatoms. The maximum Gasteiger partial charge on any atom is 0.304 e. The van der Waals surface area contributed by atoms with Crippen LogP contribution < -0.4 is 0 Å². The minimum absolute atomic E-state index is 0.0412. The van der Waals surface area contributed by atoms with Crippen LogP contribution in [0.15, 0.2) is 24.3 Å². The Labute approximate surface area is 127 Å². The fourth-order valence-corrected chi connectivity index (χ4v) is 2.42. The molecule has 1 rings (SSSR count). The highest BCUT2D eigenvalue weighted by atomic mass is 16.4. The first-order chi connectivity index (χ1) is 9.97. The lowest BCUT2D eigenvalue weighted by molar-refractivity contribution is -0.138. The van der Waals surface area contributed by atoms with Crippen molar-refractivity contribution in [3.63, 3.8) is 0 Å². The lowest BCUT2D eigenvalue weighted by atomic mass is 9.95. The second-order valence-electron chi connectivity index (χ2n) is 5.71. The molecule has 0 aliphatic heterocycles. The van der Waals surface area contributed by atoms with Gasteiger partial charge in [-0.25, -0.2) is 0 Å². The van der Waals surface area contributed by atoms with Gasteiger partial charge in [0.05, 0.1) is 13.0 Å². The van der Waals surface area contributed by atoms with Gasteiger partial charge in [0.2, 0.25) is 0 Å². The maximum absolute atomic E-state index is 11.0. The van der Waals surface area contributed by atoms with Gasteiger partial charge in [0.25, 0.3) is 0 Å². The van der Waals surface area contributed by atoms with Crippen LogP contribution in [-0.2, 0) is 11.2 Å². The fourth-order valence-electron chi connectivity index (χ4n) is 2.42. The van der Waals surface area contributed by atoms with E-state index in [9.17, 15) is 4.79 Å². The van der Waals surface area contributed by atoms with Gasteiger partial charge >= 0.3 is 5.97 Å². The molecule has 2 N–H and O–H groups in total. The van der Waals surface area contributed by atoms with Crippen molar-refractivity contribution in [3.8, 4) is 0 Å². The van der Waals surface area contributed by atoms with Crippen molar-refractivity contribution < 1.29 is 15.0 Å². The Hall–Kier alpha value is -1.39. The largest absolute Gasteiger partial charge is 0.481 e. The van der Waals surface area contributed by atoms with Gasteiger partial charge in [-0.3, -0.25) is 4.79 Å². The van der Waals surface area contributed by atoms with E-state index < -0.39 is 5.97 Å². The van der Waals surface area contributed by atoms with Crippen molar-refractivity contribution in [1.29, 1.82) is 0 Å². The standard InChI is InChI=1S/C17H27NO3/c1-4-13(2)15-7-5-14(6-8-15)11-16(12-17(20)21)18(3)9-10-19/h5-8,13,16,19H,4,9-12H2,1-3H3,(H,20,21). The number of carbonyl (C=O) groups is 1. The van der Waals surface area contributed by atoms with Crippen LogP contribution in [0.1, 0.15) is 43.7 Å². The Kier molecular flexibility index (Phi) is 7.40. The number of rotatable bonds is 9. The van der Waals surface area contributed by atoms with Crippen LogP contribution in [0, 0.1) is 0 Å². The number of hydrogen-bond donors (Lipinski definition) is 2. The van der Waals surface area contributed by atoms with E-state index >= 15 is 0 Å². The first kappa shape index (κ1) is 17.7. The second-order valence-corrected chi connectivity index (χ2v) is 5.71. The van der Waals surface area contributed by atoms with Gasteiger partial charge < -0.3 is 15.1 Å². The molecule has 0 bridgehead atoms. The van der Waals surface area contributed by atoms with E-state index in [4.69, 9.17) is 10.2 Å². The van der Waals surface area contributed by atoms with Gasteiger partial charge in [-0.1, -0.05) is 38.1 Å². The minimum atomic E-state index is -0.805. The first-order valence-corrected chi connectivity index (χ1v) is 7.59. The molecule has 0 heterocycles. The number of aliphatic hydroxyl groups excluding tert-OH is 1. The number of likely N-dealkylation sites (N-methyl/N-ethyl adjacent to an activating group) is 1.